The van der Waals surface area contributed by atoms with E-state index in [4.69, 9.17) is 22.1 Å². The van der Waals surface area contributed by atoms with Gasteiger partial charge in [-0.1, -0.05) is 11.6 Å². The Balaban J connectivity index is 2.20. The maximum atomic E-state index is 9.91. The lowest BCUT2D eigenvalue weighted by Crippen LogP contribution is -2.28. The number of aromatic nitrogens is 3. The Hall–Kier alpha value is -1.92. The highest BCUT2D eigenvalue weighted by molar-refractivity contribution is 6.34. The summed E-state index contributed by atoms with van der Waals surface area (Å²) in [5.74, 6) is 0.173. The first-order valence-corrected chi connectivity index (χ1v) is 6.56. The lowest BCUT2D eigenvalue weighted by Gasteiger charge is -2.20. The summed E-state index contributed by atoms with van der Waals surface area (Å²) in [5, 5.41) is 33.0. The summed E-state index contributed by atoms with van der Waals surface area (Å²) >= 11 is 6.13. The molecule has 0 spiro atoms. The number of nitrogens with zero attached hydrogens (tertiary/aromatic N) is 4. The van der Waals surface area contributed by atoms with Crippen LogP contribution in [0.25, 0.3) is 5.52 Å². The molecule has 3 rings (SSSR count). The van der Waals surface area contributed by atoms with Crippen molar-refractivity contribution in [1.29, 1.82) is 5.26 Å². The molecule has 9 heteroatoms. The van der Waals surface area contributed by atoms with Crippen LogP contribution in [0.15, 0.2) is 12.4 Å². The quantitative estimate of drug-likeness (QED) is 0.702. The molecular formula is C12H12ClN5O3. The Bertz CT molecular complexity index is 742. The molecule has 0 bridgehead atoms. The van der Waals surface area contributed by atoms with Gasteiger partial charge in [0.25, 0.3) is 0 Å². The van der Waals surface area contributed by atoms with Crippen molar-refractivity contribution >= 4 is 22.9 Å². The van der Waals surface area contributed by atoms with Crippen LogP contribution in [0.5, 0.6) is 0 Å². The van der Waals surface area contributed by atoms with Crippen LogP contribution in [-0.4, -0.2) is 43.6 Å². The molecule has 0 amide bonds. The van der Waals surface area contributed by atoms with Gasteiger partial charge in [0, 0.05) is 6.42 Å². The molecule has 0 aromatic carbocycles. The van der Waals surface area contributed by atoms with Gasteiger partial charge in [-0.3, -0.25) is 0 Å². The van der Waals surface area contributed by atoms with Gasteiger partial charge in [-0.2, -0.15) is 10.4 Å². The topological polar surface area (TPSA) is 130 Å². The summed E-state index contributed by atoms with van der Waals surface area (Å²) in [4.78, 5) is 3.85. The van der Waals surface area contributed by atoms with Gasteiger partial charge in [0.05, 0.1) is 23.4 Å². The van der Waals surface area contributed by atoms with Gasteiger partial charge >= 0.3 is 0 Å². The average Bonchev–Trinajstić information content (AvgIpc) is 2.98. The molecule has 1 fully saturated rings. The van der Waals surface area contributed by atoms with Crippen LogP contribution in [-0.2, 0) is 10.3 Å². The van der Waals surface area contributed by atoms with E-state index in [0.717, 1.165) is 0 Å². The average molecular weight is 310 g/mol. The number of fused-ring (bicyclic) bond motifs is 1. The summed E-state index contributed by atoms with van der Waals surface area (Å²) in [7, 11) is 0. The molecule has 21 heavy (non-hydrogen) atoms. The van der Waals surface area contributed by atoms with Gasteiger partial charge in [-0.05, 0) is 6.07 Å². The number of aliphatic hydroxyl groups excluding tert-OH is 2. The van der Waals surface area contributed by atoms with E-state index < -0.39 is 24.4 Å². The lowest BCUT2D eigenvalue weighted by atomic mass is 9.96. The third kappa shape index (κ3) is 1.94. The van der Waals surface area contributed by atoms with E-state index in [-0.39, 0.29) is 17.3 Å². The molecule has 0 radical (unpaired) electrons. The van der Waals surface area contributed by atoms with Crippen LogP contribution in [0.2, 0.25) is 5.02 Å². The molecule has 3 atom stereocenters. The van der Waals surface area contributed by atoms with Crippen molar-refractivity contribution in [2.45, 2.75) is 24.2 Å². The number of nitriles is 1. The van der Waals surface area contributed by atoms with E-state index in [1.54, 1.807) is 0 Å². The molecule has 1 aliphatic rings. The van der Waals surface area contributed by atoms with Gasteiger partial charge in [-0.15, -0.1) is 0 Å². The Morgan fingerprint density at radius 2 is 2.43 bits per heavy atom. The van der Waals surface area contributed by atoms with Crippen molar-refractivity contribution in [2.24, 2.45) is 0 Å². The molecule has 4 N–H and O–H groups in total. The molecule has 2 aromatic heterocycles. The largest absolute Gasteiger partial charge is 0.394 e. The number of anilines is 1. The molecule has 1 aliphatic heterocycles. The van der Waals surface area contributed by atoms with Crippen LogP contribution in [0.1, 0.15) is 12.1 Å². The molecule has 0 saturated carbocycles. The predicted octanol–water partition coefficient (Wildman–Crippen LogP) is -0.174. The van der Waals surface area contributed by atoms with Crippen molar-refractivity contribution < 1.29 is 14.9 Å². The minimum atomic E-state index is -1.45. The molecule has 2 aromatic rings. The van der Waals surface area contributed by atoms with Crippen LogP contribution >= 0.6 is 11.6 Å². The number of nitrogens with two attached hydrogens (primary N) is 1. The lowest BCUT2D eigenvalue weighted by molar-refractivity contribution is -0.0520. The van der Waals surface area contributed by atoms with Gasteiger partial charge in [0.2, 0.25) is 0 Å². The second kappa shape index (κ2) is 4.82. The Labute approximate surface area is 124 Å². The smallest absolute Gasteiger partial charge is 0.199 e. The van der Waals surface area contributed by atoms with Crippen molar-refractivity contribution in [2.75, 3.05) is 12.3 Å². The van der Waals surface area contributed by atoms with E-state index in [1.165, 1.54) is 16.9 Å². The monoisotopic (exact) mass is 309 g/mol. The number of nitrogen functional groups attached to an aromatic ring is 1. The van der Waals surface area contributed by atoms with Gasteiger partial charge in [0.1, 0.15) is 24.0 Å². The number of aliphatic hydroxyl groups is 2. The molecule has 3 heterocycles. The Kier molecular flexibility index (Phi) is 3.22. The molecular weight excluding hydrogens is 298 g/mol. The van der Waals surface area contributed by atoms with E-state index >= 15 is 0 Å². The number of rotatable bonds is 2. The van der Waals surface area contributed by atoms with Crippen molar-refractivity contribution in [1.82, 2.24) is 14.6 Å². The fourth-order valence-electron chi connectivity index (χ4n) is 2.57. The van der Waals surface area contributed by atoms with Crippen LogP contribution in [0.3, 0.4) is 0 Å². The van der Waals surface area contributed by atoms with Gasteiger partial charge in [0.15, 0.2) is 11.4 Å². The fourth-order valence-corrected chi connectivity index (χ4v) is 2.85. The maximum absolute atomic E-state index is 9.91. The van der Waals surface area contributed by atoms with Gasteiger partial charge in [-0.25, -0.2) is 9.50 Å². The zero-order valence-electron chi connectivity index (χ0n) is 10.8. The van der Waals surface area contributed by atoms with E-state index in [0.29, 0.717) is 11.2 Å². The molecule has 0 aliphatic carbocycles. The van der Waals surface area contributed by atoms with Crippen LogP contribution in [0.4, 0.5) is 5.82 Å². The normalized spacial score (nSPS) is 28.9. The summed E-state index contributed by atoms with van der Waals surface area (Å²) < 4.78 is 6.94. The molecule has 1 saturated heterocycles. The molecule has 0 unspecified atom stereocenters. The highest BCUT2D eigenvalue weighted by Crippen LogP contribution is 2.41. The zero-order valence-corrected chi connectivity index (χ0v) is 11.5. The van der Waals surface area contributed by atoms with Gasteiger partial charge < -0.3 is 20.7 Å². The zero-order chi connectivity index (χ0) is 15.2. The SMILES string of the molecule is N#C[C@]1(c2cc(Cl)c3c(N)ncnn23)C[C@H](O)[C@@H](CO)O1. The fraction of sp³-hybridized carbons (Fsp3) is 0.417. The first-order valence-electron chi connectivity index (χ1n) is 6.18. The number of ether oxygens (including phenoxy) is 1. The summed E-state index contributed by atoms with van der Waals surface area (Å²) in [5.41, 5.74) is 5.02. The first-order chi connectivity index (χ1) is 10.0. The summed E-state index contributed by atoms with van der Waals surface area (Å²) in [6.45, 7) is -0.390. The Morgan fingerprint density at radius 3 is 3.05 bits per heavy atom. The first kappa shape index (κ1) is 14.0. The number of hydrogen-bond acceptors (Lipinski definition) is 7. The van der Waals surface area contributed by atoms with Crippen LogP contribution in [0, 0.1) is 11.3 Å². The van der Waals surface area contributed by atoms with E-state index in [1.807, 2.05) is 6.07 Å². The summed E-state index contributed by atoms with van der Waals surface area (Å²) in [6, 6.07) is 3.55. The second-order valence-corrected chi connectivity index (χ2v) is 5.24. The van der Waals surface area contributed by atoms with Crippen molar-refractivity contribution in [3.05, 3.63) is 23.1 Å². The summed E-state index contributed by atoms with van der Waals surface area (Å²) in [6.07, 6.45) is -0.560. The highest BCUT2D eigenvalue weighted by Gasteiger charge is 2.49. The number of halogens is 1. The third-order valence-corrected chi connectivity index (χ3v) is 3.88. The number of hydrogen-bond donors (Lipinski definition) is 3. The minimum absolute atomic E-state index is 0.00107. The Morgan fingerprint density at radius 1 is 1.67 bits per heavy atom. The van der Waals surface area contributed by atoms with E-state index in [2.05, 4.69) is 10.1 Å². The molecule has 8 nitrogen and oxygen atoms in total. The predicted molar refractivity (Wildman–Crippen MR) is 72.3 cm³/mol. The highest BCUT2D eigenvalue weighted by atomic mass is 35.5. The third-order valence-electron chi connectivity index (χ3n) is 3.59. The second-order valence-electron chi connectivity index (χ2n) is 4.83. The van der Waals surface area contributed by atoms with Crippen molar-refractivity contribution in [3.8, 4) is 6.07 Å². The maximum Gasteiger partial charge on any atom is 0.199 e. The minimum Gasteiger partial charge on any atom is -0.394 e. The van der Waals surface area contributed by atoms with Crippen molar-refractivity contribution in [3.63, 3.8) is 0 Å². The van der Waals surface area contributed by atoms with E-state index in [9.17, 15) is 15.5 Å². The molecule has 110 valence electrons. The van der Waals surface area contributed by atoms with Crippen LogP contribution < -0.4 is 5.73 Å². The standard InChI is InChI=1S/C12H12ClN5O3/c13-6-1-9(18-10(6)11(15)16-5-17-18)12(4-14)2-7(20)8(3-19)21-12/h1,5,7-8,19-20H,2-3H2,(H2,15,16,17)/t7-,8+,12-/m0/s1.